The molecular formula is C20H22FN3O3. The van der Waals surface area contributed by atoms with Crippen molar-refractivity contribution in [2.75, 3.05) is 26.2 Å². The molecule has 2 heterocycles. The van der Waals surface area contributed by atoms with Crippen LogP contribution in [0.1, 0.15) is 28.0 Å². The van der Waals surface area contributed by atoms with E-state index in [0.29, 0.717) is 38.2 Å². The summed E-state index contributed by atoms with van der Waals surface area (Å²) in [6, 6.07) is 7.52. The van der Waals surface area contributed by atoms with Gasteiger partial charge in [0.25, 0.3) is 5.91 Å². The number of amides is 2. The van der Waals surface area contributed by atoms with E-state index >= 15 is 0 Å². The smallest absolute Gasteiger partial charge is 0.276 e. The first kappa shape index (κ1) is 18.8. The Labute approximate surface area is 157 Å². The number of benzene rings is 1. The van der Waals surface area contributed by atoms with Crippen LogP contribution >= 0.6 is 0 Å². The zero-order valence-electron chi connectivity index (χ0n) is 15.2. The van der Waals surface area contributed by atoms with Crippen molar-refractivity contribution in [3.05, 3.63) is 59.2 Å². The molecule has 1 fully saturated rings. The molecule has 0 atom stereocenters. The lowest BCUT2D eigenvalue weighted by Gasteiger charge is -2.22. The summed E-state index contributed by atoms with van der Waals surface area (Å²) in [5.41, 5.74) is 1.43. The molecule has 142 valence electrons. The first-order chi connectivity index (χ1) is 12.9. The number of carbonyl (C=O) groups is 2. The average Bonchev–Trinajstić information content (AvgIpc) is 2.87. The van der Waals surface area contributed by atoms with E-state index < -0.39 is 0 Å². The SMILES string of the molecule is Cc1cnc(C(=O)N2CCCN(C(=O)Cc3cccc(F)c3)CC2)c(O)c1. The van der Waals surface area contributed by atoms with Gasteiger partial charge in [0.15, 0.2) is 5.69 Å². The molecule has 3 rings (SSSR count). The molecule has 1 N–H and O–H groups in total. The van der Waals surface area contributed by atoms with Crippen molar-refractivity contribution >= 4 is 11.8 Å². The minimum absolute atomic E-state index is 0.0279. The highest BCUT2D eigenvalue weighted by Crippen LogP contribution is 2.18. The van der Waals surface area contributed by atoms with Gasteiger partial charge in [-0.15, -0.1) is 0 Å². The van der Waals surface area contributed by atoms with Crippen LogP contribution in [0.2, 0.25) is 0 Å². The predicted molar refractivity (Wildman–Crippen MR) is 97.8 cm³/mol. The highest BCUT2D eigenvalue weighted by atomic mass is 19.1. The molecule has 0 spiro atoms. The number of hydrogen-bond donors (Lipinski definition) is 1. The van der Waals surface area contributed by atoms with E-state index in [0.717, 1.165) is 5.56 Å². The normalized spacial score (nSPS) is 14.7. The van der Waals surface area contributed by atoms with Crippen molar-refractivity contribution in [3.63, 3.8) is 0 Å². The molecule has 0 unspecified atom stereocenters. The topological polar surface area (TPSA) is 73.7 Å². The summed E-state index contributed by atoms with van der Waals surface area (Å²) in [5, 5.41) is 9.98. The molecule has 6 nitrogen and oxygen atoms in total. The van der Waals surface area contributed by atoms with Crippen LogP contribution in [0.4, 0.5) is 4.39 Å². The minimum atomic E-state index is -0.363. The lowest BCUT2D eigenvalue weighted by atomic mass is 10.1. The van der Waals surface area contributed by atoms with Crippen LogP contribution < -0.4 is 0 Å². The fraction of sp³-hybridized carbons (Fsp3) is 0.350. The van der Waals surface area contributed by atoms with E-state index in [1.165, 1.54) is 18.2 Å². The van der Waals surface area contributed by atoms with E-state index in [1.807, 2.05) is 0 Å². The Morgan fingerprint density at radius 1 is 1.15 bits per heavy atom. The maximum Gasteiger partial charge on any atom is 0.276 e. The average molecular weight is 371 g/mol. The molecule has 27 heavy (non-hydrogen) atoms. The van der Waals surface area contributed by atoms with Crippen LogP contribution in [-0.2, 0) is 11.2 Å². The molecule has 2 amide bonds. The van der Waals surface area contributed by atoms with E-state index in [1.54, 1.807) is 35.1 Å². The highest BCUT2D eigenvalue weighted by Gasteiger charge is 2.25. The lowest BCUT2D eigenvalue weighted by Crippen LogP contribution is -2.38. The molecule has 1 saturated heterocycles. The Balaban J connectivity index is 1.63. The van der Waals surface area contributed by atoms with Crippen molar-refractivity contribution < 1.29 is 19.1 Å². The summed E-state index contributed by atoms with van der Waals surface area (Å²) in [7, 11) is 0. The van der Waals surface area contributed by atoms with E-state index in [9.17, 15) is 19.1 Å². The number of aryl methyl sites for hydroxylation is 1. The van der Waals surface area contributed by atoms with Gasteiger partial charge >= 0.3 is 0 Å². The molecule has 0 radical (unpaired) electrons. The number of nitrogens with zero attached hydrogens (tertiary/aromatic N) is 3. The summed E-state index contributed by atoms with van der Waals surface area (Å²) in [6.45, 7) is 3.56. The van der Waals surface area contributed by atoms with Crippen LogP contribution in [0.5, 0.6) is 5.75 Å². The molecule has 7 heteroatoms. The number of pyridine rings is 1. The first-order valence-electron chi connectivity index (χ1n) is 8.91. The van der Waals surface area contributed by atoms with E-state index in [2.05, 4.69) is 4.98 Å². The summed E-state index contributed by atoms with van der Waals surface area (Å²) >= 11 is 0. The Bertz CT molecular complexity index is 856. The Morgan fingerprint density at radius 2 is 1.89 bits per heavy atom. The van der Waals surface area contributed by atoms with Gasteiger partial charge in [-0.25, -0.2) is 9.37 Å². The maximum atomic E-state index is 13.3. The quantitative estimate of drug-likeness (QED) is 0.897. The molecule has 1 aromatic carbocycles. The molecule has 2 aromatic rings. The number of halogens is 1. The summed E-state index contributed by atoms with van der Waals surface area (Å²) in [6.07, 6.45) is 2.30. The zero-order valence-corrected chi connectivity index (χ0v) is 15.2. The van der Waals surface area contributed by atoms with Crippen molar-refractivity contribution in [3.8, 4) is 5.75 Å². The molecule has 0 aliphatic carbocycles. The molecule has 1 aliphatic rings. The summed E-state index contributed by atoms with van der Waals surface area (Å²) in [5.74, 6) is -0.931. The van der Waals surface area contributed by atoms with Gasteiger partial charge in [-0.05, 0) is 42.7 Å². The lowest BCUT2D eigenvalue weighted by molar-refractivity contribution is -0.130. The number of aromatic nitrogens is 1. The predicted octanol–water partition coefficient (Wildman–Crippen LogP) is 2.15. The van der Waals surface area contributed by atoms with Gasteiger partial charge in [-0.3, -0.25) is 9.59 Å². The molecule has 0 bridgehead atoms. The van der Waals surface area contributed by atoms with Gasteiger partial charge in [0.1, 0.15) is 11.6 Å². The van der Waals surface area contributed by atoms with Crippen molar-refractivity contribution in [1.82, 2.24) is 14.8 Å². The van der Waals surface area contributed by atoms with E-state index in [-0.39, 0.29) is 35.5 Å². The van der Waals surface area contributed by atoms with Gasteiger partial charge in [0.2, 0.25) is 5.91 Å². The van der Waals surface area contributed by atoms with Gasteiger partial charge in [0.05, 0.1) is 6.42 Å². The largest absolute Gasteiger partial charge is 0.505 e. The van der Waals surface area contributed by atoms with Gasteiger partial charge in [0, 0.05) is 32.4 Å². The van der Waals surface area contributed by atoms with Crippen LogP contribution in [0.15, 0.2) is 36.5 Å². The first-order valence-corrected chi connectivity index (χ1v) is 8.91. The Hall–Kier alpha value is -2.96. The number of hydrogen-bond acceptors (Lipinski definition) is 4. The van der Waals surface area contributed by atoms with Crippen molar-refractivity contribution in [2.45, 2.75) is 19.8 Å². The maximum absolute atomic E-state index is 13.3. The highest BCUT2D eigenvalue weighted by molar-refractivity contribution is 5.95. The van der Waals surface area contributed by atoms with Gasteiger partial charge < -0.3 is 14.9 Å². The van der Waals surface area contributed by atoms with Crippen LogP contribution in [0, 0.1) is 12.7 Å². The Kier molecular flexibility index (Phi) is 5.69. The molecular weight excluding hydrogens is 349 g/mol. The number of carbonyl (C=O) groups excluding carboxylic acids is 2. The molecule has 1 aliphatic heterocycles. The monoisotopic (exact) mass is 371 g/mol. The third kappa shape index (κ3) is 4.61. The second-order valence-electron chi connectivity index (χ2n) is 6.71. The van der Waals surface area contributed by atoms with Crippen LogP contribution in [-0.4, -0.2) is 57.9 Å². The third-order valence-corrected chi connectivity index (χ3v) is 4.59. The summed E-state index contributed by atoms with van der Waals surface area (Å²) in [4.78, 5) is 32.5. The molecule has 0 saturated carbocycles. The minimum Gasteiger partial charge on any atom is -0.505 e. The van der Waals surface area contributed by atoms with Gasteiger partial charge in [-0.1, -0.05) is 12.1 Å². The zero-order chi connectivity index (χ0) is 19.4. The third-order valence-electron chi connectivity index (χ3n) is 4.59. The molecule has 1 aromatic heterocycles. The van der Waals surface area contributed by atoms with Gasteiger partial charge in [-0.2, -0.15) is 0 Å². The second kappa shape index (κ2) is 8.16. The fourth-order valence-electron chi connectivity index (χ4n) is 3.17. The van der Waals surface area contributed by atoms with Crippen molar-refractivity contribution in [2.24, 2.45) is 0 Å². The van der Waals surface area contributed by atoms with Crippen LogP contribution in [0.3, 0.4) is 0 Å². The summed E-state index contributed by atoms with van der Waals surface area (Å²) < 4.78 is 13.3. The second-order valence-corrected chi connectivity index (χ2v) is 6.71. The van der Waals surface area contributed by atoms with Crippen LogP contribution in [0.25, 0.3) is 0 Å². The fourth-order valence-corrected chi connectivity index (χ4v) is 3.17. The van der Waals surface area contributed by atoms with E-state index in [4.69, 9.17) is 0 Å². The standard InChI is InChI=1S/C20H22FN3O3/c1-14-10-17(25)19(22-13-14)20(27)24-7-3-6-23(8-9-24)18(26)12-15-4-2-5-16(21)11-15/h2,4-5,10-11,13,25H,3,6-9,12H2,1H3. The van der Waals surface area contributed by atoms with Crippen molar-refractivity contribution in [1.29, 1.82) is 0 Å². The number of aromatic hydroxyl groups is 1. The number of rotatable bonds is 3. The Morgan fingerprint density at radius 3 is 2.63 bits per heavy atom.